The Hall–Kier alpha value is -0.450. The summed E-state index contributed by atoms with van der Waals surface area (Å²) in [5.74, 6) is 0.882. The molecule has 1 aromatic rings. The van der Waals surface area contributed by atoms with Crippen LogP contribution in [0.5, 0.6) is 0 Å². The molecular weight excluding hydrogens is 266 g/mol. The van der Waals surface area contributed by atoms with Crippen LogP contribution < -0.4 is 5.32 Å². The van der Waals surface area contributed by atoms with E-state index in [1.807, 2.05) is 17.5 Å². The summed E-state index contributed by atoms with van der Waals surface area (Å²) in [6, 6.07) is 1.08. The number of hydrogen-bond donors (Lipinski definition) is 1. The Labute approximate surface area is 126 Å². The highest BCUT2D eigenvalue weighted by Gasteiger charge is 2.46. The van der Waals surface area contributed by atoms with Crippen molar-refractivity contribution in [1.29, 1.82) is 0 Å². The van der Waals surface area contributed by atoms with Crippen molar-refractivity contribution >= 4 is 11.3 Å². The van der Waals surface area contributed by atoms with Crippen LogP contribution in [0, 0.1) is 12.8 Å². The monoisotopic (exact) mass is 293 g/mol. The minimum absolute atomic E-state index is 0.312. The van der Waals surface area contributed by atoms with Crippen LogP contribution >= 0.6 is 11.3 Å². The molecule has 0 aromatic carbocycles. The summed E-state index contributed by atoms with van der Waals surface area (Å²) >= 11 is 1.85. The van der Waals surface area contributed by atoms with E-state index in [0.29, 0.717) is 17.6 Å². The number of nitrogens with zero attached hydrogens (tertiary/aromatic N) is 2. The average molecular weight is 293 g/mol. The second-order valence-corrected chi connectivity index (χ2v) is 8.06. The quantitative estimate of drug-likeness (QED) is 0.922. The van der Waals surface area contributed by atoms with E-state index in [4.69, 9.17) is 0 Å². The molecule has 0 amide bonds. The van der Waals surface area contributed by atoms with E-state index in [2.05, 4.69) is 42.9 Å². The Bertz CT molecular complexity index is 468. The number of hydrogen-bond acceptors (Lipinski definition) is 4. The maximum Gasteiger partial charge on any atom is 0.110 e. The number of aryl methyl sites for hydroxylation is 1. The van der Waals surface area contributed by atoms with Gasteiger partial charge in [-0.1, -0.05) is 6.92 Å². The topological polar surface area (TPSA) is 28.2 Å². The molecule has 3 rings (SSSR count). The van der Waals surface area contributed by atoms with Crippen LogP contribution in [0.3, 0.4) is 0 Å². The number of thiazole rings is 1. The van der Waals surface area contributed by atoms with Crippen molar-refractivity contribution in [1.82, 2.24) is 15.2 Å². The average Bonchev–Trinajstić information content (AvgIpc) is 3.21. The van der Waals surface area contributed by atoms with Crippen molar-refractivity contribution in [2.45, 2.75) is 64.6 Å². The van der Waals surface area contributed by atoms with Crippen molar-refractivity contribution in [3.8, 4) is 0 Å². The maximum atomic E-state index is 4.62. The molecule has 3 atom stereocenters. The van der Waals surface area contributed by atoms with Gasteiger partial charge in [0.1, 0.15) is 5.01 Å². The van der Waals surface area contributed by atoms with E-state index in [0.717, 1.165) is 19.0 Å². The predicted octanol–water partition coefficient (Wildman–Crippen LogP) is 3.37. The molecule has 1 saturated carbocycles. The van der Waals surface area contributed by atoms with Gasteiger partial charge in [0.2, 0.25) is 0 Å². The Morgan fingerprint density at radius 3 is 2.85 bits per heavy atom. The van der Waals surface area contributed by atoms with Gasteiger partial charge >= 0.3 is 0 Å². The lowest BCUT2D eigenvalue weighted by molar-refractivity contribution is 0.0418. The normalized spacial score (nSPS) is 33.3. The van der Waals surface area contributed by atoms with E-state index in [9.17, 15) is 0 Å². The third-order valence-electron chi connectivity index (χ3n) is 5.17. The van der Waals surface area contributed by atoms with Crippen LogP contribution in [-0.4, -0.2) is 34.6 Å². The molecule has 0 spiro atoms. The first-order chi connectivity index (χ1) is 9.53. The van der Waals surface area contributed by atoms with E-state index in [1.54, 1.807) is 0 Å². The first-order valence-electron chi connectivity index (χ1n) is 7.96. The van der Waals surface area contributed by atoms with Gasteiger partial charge in [-0.25, -0.2) is 4.98 Å². The summed E-state index contributed by atoms with van der Waals surface area (Å²) in [6.45, 7) is 11.5. The first kappa shape index (κ1) is 14.5. The molecule has 0 bridgehead atoms. The lowest BCUT2D eigenvalue weighted by Gasteiger charge is -2.48. The fourth-order valence-corrected chi connectivity index (χ4v) is 4.41. The third-order valence-corrected chi connectivity index (χ3v) is 6.25. The second-order valence-electron chi connectivity index (χ2n) is 6.79. The van der Waals surface area contributed by atoms with Gasteiger partial charge in [0.05, 0.1) is 6.04 Å². The van der Waals surface area contributed by atoms with E-state index in [-0.39, 0.29) is 0 Å². The fourth-order valence-electron chi connectivity index (χ4n) is 3.57. The summed E-state index contributed by atoms with van der Waals surface area (Å²) in [6.07, 6.45) is 6.03. The third kappa shape index (κ3) is 2.66. The van der Waals surface area contributed by atoms with Crippen molar-refractivity contribution in [3.63, 3.8) is 0 Å². The van der Waals surface area contributed by atoms with Crippen molar-refractivity contribution in [2.75, 3.05) is 13.1 Å². The minimum atomic E-state index is 0.312. The largest absolute Gasteiger partial charge is 0.308 e. The minimum Gasteiger partial charge on any atom is -0.308 e. The standard InChI is InChI=1S/C16H27N3S/c1-5-14-9-18-16(4,13-6-7-13)10-19(14)12(3)15-17-8-11(2)20-15/h8,12-14,18H,5-7,9-10H2,1-4H3. The molecule has 1 aliphatic heterocycles. The highest BCUT2D eigenvalue weighted by molar-refractivity contribution is 7.11. The smallest absolute Gasteiger partial charge is 0.110 e. The highest BCUT2D eigenvalue weighted by atomic mass is 32.1. The summed E-state index contributed by atoms with van der Waals surface area (Å²) < 4.78 is 0. The van der Waals surface area contributed by atoms with Gasteiger partial charge in [0.25, 0.3) is 0 Å². The molecule has 4 heteroatoms. The number of rotatable bonds is 4. The van der Waals surface area contributed by atoms with E-state index < -0.39 is 0 Å². The molecule has 0 radical (unpaired) electrons. The summed E-state index contributed by atoms with van der Waals surface area (Å²) in [5.41, 5.74) is 0.312. The van der Waals surface area contributed by atoms with Crippen LogP contribution in [-0.2, 0) is 0 Å². The lowest BCUT2D eigenvalue weighted by atomic mass is 9.89. The highest BCUT2D eigenvalue weighted by Crippen LogP contribution is 2.43. The zero-order valence-electron chi connectivity index (χ0n) is 13.1. The van der Waals surface area contributed by atoms with Crippen LogP contribution in [0.2, 0.25) is 0 Å². The van der Waals surface area contributed by atoms with Gasteiger partial charge in [-0.3, -0.25) is 4.90 Å². The van der Waals surface area contributed by atoms with Gasteiger partial charge in [0.15, 0.2) is 0 Å². The second kappa shape index (κ2) is 5.39. The van der Waals surface area contributed by atoms with Crippen molar-refractivity contribution in [3.05, 3.63) is 16.1 Å². The zero-order chi connectivity index (χ0) is 14.3. The number of aromatic nitrogens is 1. The Kier molecular flexibility index (Phi) is 3.91. The summed E-state index contributed by atoms with van der Waals surface area (Å²) in [5, 5.41) is 5.12. The molecular formula is C16H27N3S. The maximum absolute atomic E-state index is 4.62. The summed E-state index contributed by atoms with van der Waals surface area (Å²) in [7, 11) is 0. The lowest BCUT2D eigenvalue weighted by Crippen LogP contribution is -2.64. The molecule has 3 nitrogen and oxygen atoms in total. The predicted molar refractivity (Wildman–Crippen MR) is 85.2 cm³/mol. The SMILES string of the molecule is CCC1CNC(C)(C2CC2)CN1C(C)c1ncc(C)s1. The molecule has 2 heterocycles. The fraction of sp³-hybridized carbons (Fsp3) is 0.812. The van der Waals surface area contributed by atoms with Crippen LogP contribution in [0.15, 0.2) is 6.20 Å². The van der Waals surface area contributed by atoms with Gasteiger partial charge in [-0.05, 0) is 46.0 Å². The molecule has 2 aliphatic rings. The van der Waals surface area contributed by atoms with Crippen LogP contribution in [0.4, 0.5) is 0 Å². The van der Waals surface area contributed by atoms with Crippen molar-refractivity contribution < 1.29 is 0 Å². The molecule has 3 unspecified atom stereocenters. The Balaban J connectivity index is 1.79. The summed E-state index contributed by atoms with van der Waals surface area (Å²) in [4.78, 5) is 8.65. The van der Waals surface area contributed by atoms with Gasteiger partial charge in [-0.2, -0.15) is 0 Å². The molecule has 112 valence electrons. The van der Waals surface area contributed by atoms with Crippen molar-refractivity contribution in [2.24, 2.45) is 5.92 Å². The molecule has 20 heavy (non-hydrogen) atoms. The number of nitrogens with one attached hydrogen (secondary N) is 1. The van der Waals surface area contributed by atoms with E-state index in [1.165, 1.54) is 29.1 Å². The molecule has 1 aromatic heterocycles. The van der Waals surface area contributed by atoms with Gasteiger partial charge < -0.3 is 5.32 Å². The first-order valence-corrected chi connectivity index (χ1v) is 8.78. The molecule has 1 aliphatic carbocycles. The molecule has 1 N–H and O–H groups in total. The zero-order valence-corrected chi connectivity index (χ0v) is 14.0. The Morgan fingerprint density at radius 1 is 1.55 bits per heavy atom. The Morgan fingerprint density at radius 2 is 2.30 bits per heavy atom. The van der Waals surface area contributed by atoms with E-state index >= 15 is 0 Å². The number of piperazine rings is 1. The van der Waals surface area contributed by atoms with Crippen LogP contribution in [0.25, 0.3) is 0 Å². The van der Waals surface area contributed by atoms with Gasteiger partial charge in [0, 0.05) is 35.7 Å². The van der Waals surface area contributed by atoms with Gasteiger partial charge in [-0.15, -0.1) is 11.3 Å². The van der Waals surface area contributed by atoms with Crippen LogP contribution in [0.1, 0.15) is 56.0 Å². The molecule has 2 fully saturated rings. The molecule has 1 saturated heterocycles.